The molecule has 0 radical (unpaired) electrons. The predicted octanol–water partition coefficient (Wildman–Crippen LogP) is -0.267. The highest BCUT2D eigenvalue weighted by Gasteiger charge is 2.43. The van der Waals surface area contributed by atoms with Crippen LogP contribution in [0.5, 0.6) is 0 Å². The van der Waals surface area contributed by atoms with Gasteiger partial charge in [-0.2, -0.15) is 8.42 Å². The molecule has 4 atom stereocenters. The number of nitro groups is 1. The first-order valence-corrected chi connectivity index (χ1v) is 8.11. The zero-order chi connectivity index (χ0) is 16.5. The Balaban J connectivity index is 2.10. The molecule has 1 aromatic carbocycles. The van der Waals surface area contributed by atoms with Crippen LogP contribution >= 0.6 is 0 Å². The molecule has 0 bridgehead atoms. The van der Waals surface area contributed by atoms with E-state index in [2.05, 4.69) is 4.18 Å². The SMILES string of the molecule is CS(=O)(=O)OCC1OC(c2ccc([N+](=O)[O-])cc2)C(O)C1O. The Morgan fingerprint density at radius 2 is 1.86 bits per heavy atom. The molecule has 2 rings (SSSR count). The maximum atomic E-state index is 10.9. The maximum Gasteiger partial charge on any atom is 0.269 e. The lowest BCUT2D eigenvalue weighted by Gasteiger charge is -2.14. The molecule has 1 aromatic rings. The minimum Gasteiger partial charge on any atom is -0.387 e. The van der Waals surface area contributed by atoms with Crippen molar-refractivity contribution in [2.24, 2.45) is 0 Å². The van der Waals surface area contributed by atoms with Crippen LogP contribution in [-0.4, -0.2) is 54.7 Å². The summed E-state index contributed by atoms with van der Waals surface area (Å²) < 4.78 is 31.8. The smallest absolute Gasteiger partial charge is 0.269 e. The second-order valence-electron chi connectivity index (χ2n) is 4.91. The van der Waals surface area contributed by atoms with E-state index in [9.17, 15) is 28.7 Å². The first-order valence-electron chi connectivity index (χ1n) is 6.29. The number of benzene rings is 1. The van der Waals surface area contributed by atoms with Crippen LogP contribution in [0.2, 0.25) is 0 Å². The average molecular weight is 333 g/mol. The molecule has 10 heteroatoms. The molecule has 0 aromatic heterocycles. The number of aliphatic hydroxyl groups excluding tert-OH is 2. The molecule has 4 unspecified atom stereocenters. The number of rotatable bonds is 5. The number of aliphatic hydroxyl groups is 2. The van der Waals surface area contributed by atoms with Crippen LogP contribution in [0, 0.1) is 10.1 Å². The Morgan fingerprint density at radius 1 is 1.27 bits per heavy atom. The van der Waals surface area contributed by atoms with Gasteiger partial charge in [-0.15, -0.1) is 0 Å². The first kappa shape index (κ1) is 16.8. The van der Waals surface area contributed by atoms with E-state index in [1.165, 1.54) is 24.3 Å². The zero-order valence-corrected chi connectivity index (χ0v) is 12.3. The largest absolute Gasteiger partial charge is 0.387 e. The van der Waals surface area contributed by atoms with Gasteiger partial charge in [0.15, 0.2) is 0 Å². The van der Waals surface area contributed by atoms with E-state index in [0.717, 1.165) is 6.26 Å². The van der Waals surface area contributed by atoms with E-state index >= 15 is 0 Å². The highest BCUT2D eigenvalue weighted by molar-refractivity contribution is 7.85. The normalized spacial score (nSPS) is 28.7. The van der Waals surface area contributed by atoms with Crippen molar-refractivity contribution in [3.63, 3.8) is 0 Å². The molecule has 1 aliphatic rings. The highest BCUT2D eigenvalue weighted by atomic mass is 32.2. The summed E-state index contributed by atoms with van der Waals surface area (Å²) in [5.74, 6) is 0. The summed E-state index contributed by atoms with van der Waals surface area (Å²) in [5, 5.41) is 30.4. The second-order valence-corrected chi connectivity index (χ2v) is 6.56. The Bertz CT molecular complexity index is 644. The molecule has 1 saturated heterocycles. The van der Waals surface area contributed by atoms with Gasteiger partial charge in [-0.3, -0.25) is 14.3 Å². The number of hydrogen-bond donors (Lipinski definition) is 2. The number of nitrogens with zero attached hydrogens (tertiary/aromatic N) is 1. The lowest BCUT2D eigenvalue weighted by atomic mass is 10.0. The third-order valence-electron chi connectivity index (χ3n) is 3.24. The Kier molecular flexibility index (Phi) is 4.78. The van der Waals surface area contributed by atoms with Crippen molar-refractivity contribution in [3.05, 3.63) is 39.9 Å². The van der Waals surface area contributed by atoms with Gasteiger partial charge in [0, 0.05) is 12.1 Å². The van der Waals surface area contributed by atoms with Crippen molar-refractivity contribution in [2.75, 3.05) is 12.9 Å². The molecular formula is C12H15NO8S. The van der Waals surface area contributed by atoms with Crippen molar-refractivity contribution < 1.29 is 32.5 Å². The van der Waals surface area contributed by atoms with Crippen molar-refractivity contribution in [2.45, 2.75) is 24.4 Å². The first-order chi connectivity index (χ1) is 10.2. The van der Waals surface area contributed by atoms with Gasteiger partial charge in [0.2, 0.25) is 0 Å². The van der Waals surface area contributed by atoms with Crippen LogP contribution in [0.25, 0.3) is 0 Å². The molecule has 9 nitrogen and oxygen atoms in total. The van der Waals surface area contributed by atoms with Crippen LogP contribution in [0.1, 0.15) is 11.7 Å². The molecule has 1 aliphatic heterocycles. The van der Waals surface area contributed by atoms with E-state index in [1.54, 1.807) is 0 Å². The fraction of sp³-hybridized carbons (Fsp3) is 0.500. The van der Waals surface area contributed by atoms with E-state index < -0.39 is 46.1 Å². The lowest BCUT2D eigenvalue weighted by molar-refractivity contribution is -0.384. The van der Waals surface area contributed by atoms with Gasteiger partial charge in [-0.05, 0) is 17.7 Å². The summed E-state index contributed by atoms with van der Waals surface area (Å²) in [5.41, 5.74) is 0.313. The average Bonchev–Trinajstić information content (AvgIpc) is 2.72. The standard InChI is InChI=1S/C12H15NO8S/c1-22(18,19)20-6-9-10(14)11(15)12(21-9)7-2-4-8(5-3-7)13(16)17/h2-5,9-12,14-15H,6H2,1H3. The lowest BCUT2D eigenvalue weighted by Crippen LogP contribution is -2.33. The van der Waals surface area contributed by atoms with Crippen molar-refractivity contribution in [1.29, 1.82) is 0 Å². The second kappa shape index (κ2) is 6.26. The Hall–Kier alpha value is -1.59. The monoisotopic (exact) mass is 333 g/mol. The number of ether oxygens (including phenoxy) is 1. The third kappa shape index (κ3) is 3.78. The van der Waals surface area contributed by atoms with Gasteiger partial charge in [0.05, 0.1) is 17.8 Å². The fourth-order valence-electron chi connectivity index (χ4n) is 2.14. The van der Waals surface area contributed by atoms with Crippen molar-refractivity contribution >= 4 is 15.8 Å². The molecule has 122 valence electrons. The zero-order valence-electron chi connectivity index (χ0n) is 11.5. The number of non-ortho nitro benzene ring substituents is 1. The summed E-state index contributed by atoms with van der Waals surface area (Å²) in [6.45, 7) is -0.430. The molecule has 0 spiro atoms. The molecule has 1 heterocycles. The van der Waals surface area contributed by atoms with Gasteiger partial charge in [-0.25, -0.2) is 0 Å². The molecule has 1 fully saturated rings. The van der Waals surface area contributed by atoms with Gasteiger partial charge < -0.3 is 14.9 Å². The third-order valence-corrected chi connectivity index (χ3v) is 3.81. The molecule has 2 N–H and O–H groups in total. The summed E-state index contributed by atoms with van der Waals surface area (Å²) in [6.07, 6.45) is -3.72. The van der Waals surface area contributed by atoms with Crippen molar-refractivity contribution in [3.8, 4) is 0 Å². The van der Waals surface area contributed by atoms with Crippen LogP contribution in [0.4, 0.5) is 5.69 Å². The van der Waals surface area contributed by atoms with E-state index in [4.69, 9.17) is 4.74 Å². The quantitative estimate of drug-likeness (QED) is 0.427. The maximum absolute atomic E-state index is 10.9. The summed E-state index contributed by atoms with van der Waals surface area (Å²) in [7, 11) is -3.70. The molecule has 22 heavy (non-hydrogen) atoms. The minimum atomic E-state index is -3.70. The van der Waals surface area contributed by atoms with Gasteiger partial charge >= 0.3 is 0 Å². The van der Waals surface area contributed by atoms with E-state index in [0.29, 0.717) is 5.56 Å². The molecular weight excluding hydrogens is 318 g/mol. The van der Waals surface area contributed by atoms with Crippen LogP contribution in [0.15, 0.2) is 24.3 Å². The van der Waals surface area contributed by atoms with Gasteiger partial charge in [0.1, 0.15) is 24.4 Å². The van der Waals surface area contributed by atoms with Crippen LogP contribution in [-0.2, 0) is 19.0 Å². The molecule has 0 aliphatic carbocycles. The predicted molar refractivity (Wildman–Crippen MR) is 73.5 cm³/mol. The topological polar surface area (TPSA) is 136 Å². The van der Waals surface area contributed by atoms with Crippen molar-refractivity contribution in [1.82, 2.24) is 0 Å². The van der Waals surface area contributed by atoms with E-state index in [1.807, 2.05) is 0 Å². The highest BCUT2D eigenvalue weighted by Crippen LogP contribution is 2.34. The summed E-state index contributed by atoms with van der Waals surface area (Å²) in [6, 6.07) is 5.30. The Labute approximate surface area is 126 Å². The summed E-state index contributed by atoms with van der Waals surface area (Å²) >= 11 is 0. The van der Waals surface area contributed by atoms with Crippen LogP contribution < -0.4 is 0 Å². The van der Waals surface area contributed by atoms with Gasteiger partial charge in [-0.1, -0.05) is 0 Å². The number of hydrogen-bond acceptors (Lipinski definition) is 8. The van der Waals surface area contributed by atoms with Gasteiger partial charge in [0.25, 0.3) is 15.8 Å². The fourth-order valence-corrected chi connectivity index (χ4v) is 2.52. The minimum absolute atomic E-state index is 0.117. The Morgan fingerprint density at radius 3 is 2.36 bits per heavy atom. The summed E-state index contributed by atoms with van der Waals surface area (Å²) in [4.78, 5) is 10.0. The van der Waals surface area contributed by atoms with Crippen LogP contribution in [0.3, 0.4) is 0 Å². The molecule has 0 saturated carbocycles. The number of nitro benzene ring substituents is 1. The van der Waals surface area contributed by atoms with E-state index in [-0.39, 0.29) is 5.69 Å². The molecule has 0 amide bonds.